The number of hydrogen-bond donors (Lipinski definition) is 2. The summed E-state index contributed by atoms with van der Waals surface area (Å²) < 4.78 is 10.6. The van der Waals surface area contributed by atoms with Gasteiger partial charge in [-0.15, -0.1) is 0 Å². The number of amides is 2. The van der Waals surface area contributed by atoms with Crippen molar-refractivity contribution in [1.82, 2.24) is 20.8 Å². The number of carbonyl (C=O) groups excluding carboxylic acids is 2. The second kappa shape index (κ2) is 8.52. The molecular weight excluding hydrogens is 344 g/mol. The Morgan fingerprint density at radius 1 is 1.12 bits per heavy atom. The van der Waals surface area contributed by atoms with Gasteiger partial charge in [-0.25, -0.2) is 9.97 Å². The molecule has 0 spiro atoms. The molecule has 1 aromatic carbocycles. The quantitative estimate of drug-likeness (QED) is 0.455. The summed E-state index contributed by atoms with van der Waals surface area (Å²) in [6.07, 6.45) is 1.43. The van der Waals surface area contributed by atoms with Gasteiger partial charge in [0.15, 0.2) is 11.5 Å². The molecule has 134 valence electrons. The molecular formula is C16H20N4O4S. The highest BCUT2D eigenvalue weighted by atomic mass is 32.2. The van der Waals surface area contributed by atoms with Gasteiger partial charge in [0, 0.05) is 17.4 Å². The predicted octanol–water partition coefficient (Wildman–Crippen LogP) is 1.54. The highest BCUT2D eigenvalue weighted by Gasteiger charge is 2.13. The Labute approximate surface area is 149 Å². The average Bonchev–Trinajstić information content (AvgIpc) is 2.62. The molecule has 9 heteroatoms. The molecule has 0 atom stereocenters. The van der Waals surface area contributed by atoms with Crippen molar-refractivity contribution in [3.05, 3.63) is 18.5 Å². The lowest BCUT2D eigenvalue weighted by atomic mass is 10.2. The van der Waals surface area contributed by atoms with Crippen molar-refractivity contribution < 1.29 is 19.1 Å². The second-order valence-electron chi connectivity index (χ2n) is 5.38. The third-order valence-electron chi connectivity index (χ3n) is 3.29. The molecule has 0 aliphatic heterocycles. The fourth-order valence-corrected chi connectivity index (χ4v) is 2.70. The van der Waals surface area contributed by atoms with Gasteiger partial charge in [0.05, 0.1) is 25.5 Å². The fraction of sp³-hybridized carbons (Fsp3) is 0.375. The maximum atomic E-state index is 11.9. The Morgan fingerprint density at radius 3 is 2.44 bits per heavy atom. The number of rotatable bonds is 6. The van der Waals surface area contributed by atoms with Crippen molar-refractivity contribution in [3.63, 3.8) is 0 Å². The number of hydrogen-bond acceptors (Lipinski definition) is 7. The van der Waals surface area contributed by atoms with Crippen molar-refractivity contribution in [2.75, 3.05) is 20.0 Å². The number of aromatic nitrogens is 2. The molecule has 0 unspecified atom stereocenters. The molecule has 0 saturated heterocycles. The Bertz CT molecular complexity index is 782. The molecule has 8 nitrogen and oxygen atoms in total. The van der Waals surface area contributed by atoms with Crippen LogP contribution in [0.4, 0.5) is 0 Å². The standard InChI is InChI=1S/C16H20N4O4S/c1-9(2)15(22)20-19-14(21)7-25-16-10-5-12(23-3)13(24-4)6-11(10)17-8-18-16/h5-6,8-9H,7H2,1-4H3,(H,19,21)(H,20,22). The first-order valence-electron chi connectivity index (χ1n) is 7.54. The van der Waals surface area contributed by atoms with Crippen LogP contribution in [-0.2, 0) is 9.59 Å². The van der Waals surface area contributed by atoms with Crippen molar-refractivity contribution in [1.29, 1.82) is 0 Å². The van der Waals surface area contributed by atoms with E-state index in [0.717, 1.165) is 5.39 Å². The molecule has 0 radical (unpaired) electrons. The Balaban J connectivity index is 2.10. The second-order valence-corrected chi connectivity index (χ2v) is 6.35. The van der Waals surface area contributed by atoms with E-state index in [1.54, 1.807) is 40.2 Å². The summed E-state index contributed by atoms with van der Waals surface area (Å²) in [5.41, 5.74) is 5.43. The molecule has 2 N–H and O–H groups in total. The van der Waals surface area contributed by atoms with Gasteiger partial charge >= 0.3 is 0 Å². The van der Waals surface area contributed by atoms with Crippen LogP contribution in [0.2, 0.25) is 0 Å². The summed E-state index contributed by atoms with van der Waals surface area (Å²) in [5.74, 6) is 0.438. The number of carbonyl (C=O) groups is 2. The first kappa shape index (κ1) is 18.8. The molecule has 0 aliphatic carbocycles. The van der Waals surface area contributed by atoms with E-state index in [1.807, 2.05) is 0 Å². The van der Waals surface area contributed by atoms with Gasteiger partial charge in [0.2, 0.25) is 11.8 Å². The summed E-state index contributed by atoms with van der Waals surface area (Å²) in [6, 6.07) is 3.53. The zero-order valence-electron chi connectivity index (χ0n) is 14.5. The number of nitrogens with one attached hydrogen (secondary N) is 2. The van der Waals surface area contributed by atoms with Gasteiger partial charge in [0.1, 0.15) is 11.4 Å². The normalized spacial score (nSPS) is 10.6. The number of benzene rings is 1. The monoisotopic (exact) mass is 364 g/mol. The van der Waals surface area contributed by atoms with Gasteiger partial charge < -0.3 is 9.47 Å². The van der Waals surface area contributed by atoms with Crippen LogP contribution in [0.3, 0.4) is 0 Å². The van der Waals surface area contributed by atoms with Crippen LogP contribution in [0.25, 0.3) is 10.9 Å². The van der Waals surface area contributed by atoms with E-state index in [0.29, 0.717) is 22.0 Å². The summed E-state index contributed by atoms with van der Waals surface area (Å²) >= 11 is 1.24. The molecule has 25 heavy (non-hydrogen) atoms. The lowest BCUT2D eigenvalue weighted by molar-refractivity contribution is -0.129. The first-order valence-corrected chi connectivity index (χ1v) is 8.53. The number of ether oxygens (including phenoxy) is 2. The Kier molecular flexibility index (Phi) is 6.40. The highest BCUT2D eigenvalue weighted by Crippen LogP contribution is 2.34. The lowest BCUT2D eigenvalue weighted by Crippen LogP contribution is -2.44. The van der Waals surface area contributed by atoms with Crippen molar-refractivity contribution in [3.8, 4) is 11.5 Å². The van der Waals surface area contributed by atoms with E-state index in [4.69, 9.17) is 9.47 Å². The lowest BCUT2D eigenvalue weighted by Gasteiger charge is -2.11. The predicted molar refractivity (Wildman–Crippen MR) is 94.5 cm³/mol. The number of hydrazine groups is 1. The average molecular weight is 364 g/mol. The molecule has 0 saturated carbocycles. The number of fused-ring (bicyclic) bond motifs is 1. The molecule has 2 amide bonds. The molecule has 1 aromatic heterocycles. The minimum Gasteiger partial charge on any atom is -0.493 e. The third-order valence-corrected chi connectivity index (χ3v) is 4.30. The van der Waals surface area contributed by atoms with E-state index in [2.05, 4.69) is 20.8 Å². The number of thioether (sulfide) groups is 1. The van der Waals surface area contributed by atoms with Gasteiger partial charge in [-0.2, -0.15) is 0 Å². The Morgan fingerprint density at radius 2 is 1.80 bits per heavy atom. The summed E-state index contributed by atoms with van der Waals surface area (Å²) in [4.78, 5) is 31.8. The minimum atomic E-state index is -0.328. The molecule has 2 rings (SSSR count). The SMILES string of the molecule is COc1cc2ncnc(SCC(=O)NNC(=O)C(C)C)c2cc1OC. The van der Waals surface area contributed by atoms with Crippen LogP contribution in [0, 0.1) is 5.92 Å². The minimum absolute atomic E-state index is 0.0961. The first-order chi connectivity index (χ1) is 12.0. The molecule has 1 heterocycles. The third kappa shape index (κ3) is 4.72. The maximum absolute atomic E-state index is 11.9. The molecule has 0 aliphatic rings. The topological polar surface area (TPSA) is 102 Å². The maximum Gasteiger partial charge on any atom is 0.248 e. The van der Waals surface area contributed by atoms with Crippen molar-refractivity contribution in [2.45, 2.75) is 18.9 Å². The summed E-state index contributed by atoms with van der Waals surface area (Å²) in [5, 5.41) is 1.39. The molecule has 2 aromatic rings. The van der Waals surface area contributed by atoms with E-state index in [9.17, 15) is 9.59 Å². The van der Waals surface area contributed by atoms with Crippen LogP contribution in [0.15, 0.2) is 23.5 Å². The number of nitrogens with zero attached hydrogens (tertiary/aromatic N) is 2. The largest absolute Gasteiger partial charge is 0.493 e. The van der Waals surface area contributed by atoms with E-state index < -0.39 is 0 Å². The number of methoxy groups -OCH3 is 2. The molecule has 0 fully saturated rings. The van der Waals surface area contributed by atoms with Gasteiger partial charge in [-0.3, -0.25) is 20.4 Å². The van der Waals surface area contributed by atoms with E-state index >= 15 is 0 Å². The summed E-state index contributed by atoms with van der Waals surface area (Å²) in [6.45, 7) is 3.48. The zero-order valence-corrected chi connectivity index (χ0v) is 15.3. The van der Waals surface area contributed by atoms with Gasteiger partial charge in [0.25, 0.3) is 0 Å². The fourth-order valence-electron chi connectivity index (χ4n) is 1.92. The van der Waals surface area contributed by atoms with Crippen LogP contribution in [0.1, 0.15) is 13.8 Å². The Hall–Kier alpha value is -2.55. The summed E-state index contributed by atoms with van der Waals surface area (Å²) in [7, 11) is 3.10. The highest BCUT2D eigenvalue weighted by molar-refractivity contribution is 8.00. The van der Waals surface area contributed by atoms with Gasteiger partial charge in [-0.1, -0.05) is 25.6 Å². The van der Waals surface area contributed by atoms with Crippen LogP contribution in [0.5, 0.6) is 11.5 Å². The smallest absolute Gasteiger partial charge is 0.248 e. The van der Waals surface area contributed by atoms with Crippen molar-refractivity contribution in [2.24, 2.45) is 5.92 Å². The molecule has 0 bridgehead atoms. The van der Waals surface area contributed by atoms with Crippen LogP contribution in [-0.4, -0.2) is 41.8 Å². The zero-order chi connectivity index (χ0) is 18.4. The van der Waals surface area contributed by atoms with Crippen molar-refractivity contribution >= 4 is 34.5 Å². The van der Waals surface area contributed by atoms with Crippen LogP contribution >= 0.6 is 11.8 Å². The van der Waals surface area contributed by atoms with Gasteiger partial charge in [-0.05, 0) is 6.07 Å². The van der Waals surface area contributed by atoms with E-state index in [1.165, 1.54) is 18.1 Å². The van der Waals surface area contributed by atoms with Crippen LogP contribution < -0.4 is 20.3 Å². The van der Waals surface area contributed by atoms with E-state index in [-0.39, 0.29) is 23.5 Å².